The van der Waals surface area contributed by atoms with Gasteiger partial charge in [0.05, 0.1) is 12.1 Å². The van der Waals surface area contributed by atoms with Gasteiger partial charge in [0.1, 0.15) is 4.60 Å². The Bertz CT molecular complexity index is 278. The Hall–Kier alpha value is -0.130. The van der Waals surface area contributed by atoms with Gasteiger partial charge in [0.25, 0.3) is 0 Å². The van der Waals surface area contributed by atoms with Crippen molar-refractivity contribution in [3.8, 4) is 0 Å². The summed E-state index contributed by atoms with van der Waals surface area (Å²) in [5.41, 5.74) is -0.225. The zero-order chi connectivity index (χ0) is 10.6. The maximum absolute atomic E-state index is 9.35. The summed E-state index contributed by atoms with van der Waals surface area (Å²) < 4.78 is 0.837. The van der Waals surface area contributed by atoms with Crippen LogP contribution in [0.25, 0.3) is 0 Å². The summed E-state index contributed by atoms with van der Waals surface area (Å²) in [6, 6.07) is 0. The molecule has 0 aromatic carbocycles. The van der Waals surface area contributed by atoms with Gasteiger partial charge in [-0.15, -0.1) is 11.3 Å². The fraction of sp³-hybridized carbons (Fsp3) is 0.667. The maximum Gasteiger partial charge on any atom is 0.184 e. The number of aliphatic hydroxyl groups excluding tert-OH is 1. The van der Waals surface area contributed by atoms with Gasteiger partial charge < -0.3 is 10.4 Å². The van der Waals surface area contributed by atoms with Crippen LogP contribution in [0.2, 0.25) is 0 Å². The number of nitrogens with zero attached hydrogens (tertiary/aromatic N) is 1. The standard InChI is InChI=1S/C9H15BrN2OS/c1-3-9(4-2,6-13)12-8-11-7(10)5-14-8/h5,13H,3-4,6H2,1-2H3,(H,11,12). The molecule has 3 nitrogen and oxygen atoms in total. The molecule has 1 aromatic heterocycles. The first kappa shape index (κ1) is 11.9. The molecule has 80 valence electrons. The van der Waals surface area contributed by atoms with Crippen LogP contribution in [-0.2, 0) is 0 Å². The zero-order valence-corrected chi connectivity index (χ0v) is 10.8. The van der Waals surface area contributed by atoms with Crippen LogP contribution in [0.3, 0.4) is 0 Å². The van der Waals surface area contributed by atoms with Crippen molar-refractivity contribution in [2.24, 2.45) is 0 Å². The highest BCUT2D eigenvalue weighted by Gasteiger charge is 2.25. The summed E-state index contributed by atoms with van der Waals surface area (Å²) in [5, 5.41) is 15.4. The lowest BCUT2D eigenvalue weighted by Crippen LogP contribution is -2.40. The van der Waals surface area contributed by atoms with Gasteiger partial charge in [-0.05, 0) is 28.8 Å². The third kappa shape index (κ3) is 2.68. The van der Waals surface area contributed by atoms with Crippen molar-refractivity contribution in [1.29, 1.82) is 0 Å². The Morgan fingerprint density at radius 1 is 1.57 bits per heavy atom. The molecule has 0 unspecified atom stereocenters. The molecule has 0 atom stereocenters. The number of hydrogen-bond acceptors (Lipinski definition) is 4. The summed E-state index contributed by atoms with van der Waals surface area (Å²) in [4.78, 5) is 4.25. The normalized spacial score (nSPS) is 11.7. The molecule has 0 spiro atoms. The predicted octanol–water partition coefficient (Wildman–Crippen LogP) is 2.87. The van der Waals surface area contributed by atoms with Crippen molar-refractivity contribution in [3.63, 3.8) is 0 Å². The van der Waals surface area contributed by atoms with Crippen LogP contribution in [0.15, 0.2) is 9.98 Å². The molecule has 0 aliphatic rings. The molecule has 1 rings (SSSR count). The van der Waals surface area contributed by atoms with Gasteiger partial charge in [0.2, 0.25) is 0 Å². The molecule has 0 fully saturated rings. The number of aromatic nitrogens is 1. The monoisotopic (exact) mass is 278 g/mol. The van der Waals surface area contributed by atoms with E-state index in [0.717, 1.165) is 22.6 Å². The minimum absolute atomic E-state index is 0.136. The summed E-state index contributed by atoms with van der Waals surface area (Å²) in [6.07, 6.45) is 1.77. The van der Waals surface area contributed by atoms with Crippen LogP contribution >= 0.6 is 27.3 Å². The Labute approximate surface area is 96.7 Å². The largest absolute Gasteiger partial charge is 0.394 e. The fourth-order valence-corrected chi connectivity index (χ4v) is 2.49. The van der Waals surface area contributed by atoms with Gasteiger partial charge in [-0.2, -0.15) is 0 Å². The molecule has 0 bridgehead atoms. The highest BCUT2D eigenvalue weighted by Crippen LogP contribution is 2.26. The number of anilines is 1. The van der Waals surface area contributed by atoms with Crippen molar-refractivity contribution in [1.82, 2.24) is 4.98 Å². The van der Waals surface area contributed by atoms with Crippen molar-refractivity contribution in [2.75, 3.05) is 11.9 Å². The number of halogens is 1. The van der Waals surface area contributed by atoms with Crippen molar-refractivity contribution in [2.45, 2.75) is 32.2 Å². The first-order valence-electron chi connectivity index (χ1n) is 4.66. The van der Waals surface area contributed by atoms with E-state index in [1.807, 2.05) is 5.38 Å². The average Bonchev–Trinajstić information content (AvgIpc) is 2.61. The molecular weight excluding hydrogens is 264 g/mol. The third-order valence-electron chi connectivity index (χ3n) is 2.50. The minimum atomic E-state index is -0.225. The van der Waals surface area contributed by atoms with Gasteiger partial charge in [0.15, 0.2) is 5.13 Å². The van der Waals surface area contributed by atoms with Crippen LogP contribution in [0.5, 0.6) is 0 Å². The Morgan fingerprint density at radius 2 is 2.21 bits per heavy atom. The number of thiazole rings is 1. The molecule has 14 heavy (non-hydrogen) atoms. The molecule has 5 heteroatoms. The lowest BCUT2D eigenvalue weighted by Gasteiger charge is -2.30. The van der Waals surface area contributed by atoms with Gasteiger partial charge in [-0.25, -0.2) is 4.98 Å². The third-order valence-corrected chi connectivity index (χ3v) is 3.97. The highest BCUT2D eigenvalue weighted by molar-refractivity contribution is 9.10. The van der Waals surface area contributed by atoms with Crippen molar-refractivity contribution in [3.05, 3.63) is 9.98 Å². The smallest absolute Gasteiger partial charge is 0.184 e. The van der Waals surface area contributed by atoms with E-state index in [-0.39, 0.29) is 12.1 Å². The zero-order valence-electron chi connectivity index (χ0n) is 8.38. The topological polar surface area (TPSA) is 45.1 Å². The Morgan fingerprint density at radius 3 is 2.57 bits per heavy atom. The molecule has 0 aliphatic carbocycles. The number of nitrogens with one attached hydrogen (secondary N) is 1. The number of aliphatic hydroxyl groups is 1. The number of rotatable bonds is 5. The van der Waals surface area contributed by atoms with Crippen LogP contribution in [0, 0.1) is 0 Å². The second kappa shape index (κ2) is 5.09. The van der Waals surface area contributed by atoms with Crippen LogP contribution < -0.4 is 5.32 Å². The second-order valence-corrected chi connectivity index (χ2v) is 4.92. The van der Waals surface area contributed by atoms with Crippen molar-refractivity contribution < 1.29 is 5.11 Å². The molecule has 0 saturated heterocycles. The van der Waals surface area contributed by atoms with E-state index in [1.165, 1.54) is 0 Å². The summed E-state index contributed by atoms with van der Waals surface area (Å²) in [7, 11) is 0. The molecule has 0 amide bonds. The number of hydrogen-bond donors (Lipinski definition) is 2. The SMILES string of the molecule is CCC(CC)(CO)Nc1nc(Br)cs1. The van der Waals surface area contributed by atoms with Crippen LogP contribution in [0.1, 0.15) is 26.7 Å². The van der Waals surface area contributed by atoms with Gasteiger partial charge in [-0.1, -0.05) is 13.8 Å². The highest BCUT2D eigenvalue weighted by atomic mass is 79.9. The Kier molecular flexibility index (Phi) is 4.34. The summed E-state index contributed by atoms with van der Waals surface area (Å²) in [5.74, 6) is 0. The first-order chi connectivity index (χ1) is 6.65. The van der Waals surface area contributed by atoms with E-state index >= 15 is 0 Å². The van der Waals surface area contributed by atoms with E-state index in [0.29, 0.717) is 0 Å². The van der Waals surface area contributed by atoms with Gasteiger partial charge >= 0.3 is 0 Å². The van der Waals surface area contributed by atoms with Gasteiger partial charge in [-0.3, -0.25) is 0 Å². The molecule has 0 saturated carbocycles. The Balaban J connectivity index is 2.73. The molecular formula is C9H15BrN2OS. The quantitative estimate of drug-likeness (QED) is 0.871. The molecule has 0 radical (unpaired) electrons. The van der Waals surface area contributed by atoms with E-state index in [9.17, 15) is 5.11 Å². The second-order valence-electron chi connectivity index (χ2n) is 3.25. The van der Waals surface area contributed by atoms with E-state index in [1.54, 1.807) is 11.3 Å². The van der Waals surface area contributed by atoms with E-state index < -0.39 is 0 Å². The molecule has 2 N–H and O–H groups in total. The fourth-order valence-electron chi connectivity index (χ4n) is 1.23. The first-order valence-corrected chi connectivity index (χ1v) is 6.33. The van der Waals surface area contributed by atoms with Gasteiger partial charge in [0, 0.05) is 5.38 Å². The molecule has 1 heterocycles. The van der Waals surface area contributed by atoms with Crippen LogP contribution in [0.4, 0.5) is 5.13 Å². The molecule has 0 aliphatic heterocycles. The van der Waals surface area contributed by atoms with Crippen molar-refractivity contribution >= 4 is 32.4 Å². The summed E-state index contributed by atoms with van der Waals surface area (Å²) >= 11 is 4.84. The lowest BCUT2D eigenvalue weighted by atomic mass is 9.94. The maximum atomic E-state index is 9.35. The minimum Gasteiger partial charge on any atom is -0.394 e. The summed E-state index contributed by atoms with van der Waals surface area (Å²) in [6.45, 7) is 4.27. The molecule has 1 aromatic rings. The predicted molar refractivity (Wildman–Crippen MR) is 63.8 cm³/mol. The van der Waals surface area contributed by atoms with E-state index in [2.05, 4.69) is 40.1 Å². The average molecular weight is 279 g/mol. The lowest BCUT2D eigenvalue weighted by molar-refractivity contribution is 0.202. The van der Waals surface area contributed by atoms with Crippen LogP contribution in [-0.4, -0.2) is 22.2 Å². The van der Waals surface area contributed by atoms with E-state index in [4.69, 9.17) is 0 Å².